The van der Waals surface area contributed by atoms with Gasteiger partial charge in [-0.1, -0.05) is 29.5 Å². The van der Waals surface area contributed by atoms with Crippen molar-refractivity contribution in [2.45, 2.75) is 25.9 Å². The van der Waals surface area contributed by atoms with Crippen LogP contribution >= 0.6 is 23.1 Å². The highest BCUT2D eigenvalue weighted by atomic mass is 32.2. The van der Waals surface area contributed by atoms with E-state index >= 15 is 0 Å². The van der Waals surface area contributed by atoms with Crippen molar-refractivity contribution in [1.82, 2.24) is 15.2 Å². The van der Waals surface area contributed by atoms with Crippen LogP contribution in [0.2, 0.25) is 0 Å². The van der Waals surface area contributed by atoms with Crippen molar-refractivity contribution in [2.24, 2.45) is 0 Å². The Morgan fingerprint density at radius 2 is 1.97 bits per heavy atom. The molecule has 11 heteroatoms. The third-order valence-electron chi connectivity index (χ3n) is 5.60. The summed E-state index contributed by atoms with van der Waals surface area (Å²) in [6.45, 7) is 4.50. The molecule has 0 aliphatic rings. The van der Waals surface area contributed by atoms with Gasteiger partial charge in [-0.2, -0.15) is 11.8 Å². The molecule has 0 fully saturated rings. The molecule has 0 bridgehead atoms. The number of H-pyrrole nitrogens is 1. The molecule has 0 radical (unpaired) electrons. The number of thioether (sulfide) groups is 1. The summed E-state index contributed by atoms with van der Waals surface area (Å²) >= 11 is 2.70. The molecular weight excluding hydrogens is 502 g/mol. The molecule has 1 heterocycles. The van der Waals surface area contributed by atoms with Gasteiger partial charge < -0.3 is 35.3 Å². The molecule has 1 atom stereocenters. The van der Waals surface area contributed by atoms with Crippen LogP contribution in [0.25, 0.3) is 10.2 Å². The number of amides is 1. The number of benzene rings is 2. The SMILES string of the molecule is CCOc1ccc(CCN(CCCSCCNC[C@@H](O)c2ccc(O)c3[nH]c(=O)sc23)C(=O)O)cc1. The average Bonchev–Trinajstić information content (AvgIpc) is 3.25. The highest BCUT2D eigenvalue weighted by Crippen LogP contribution is 2.31. The lowest BCUT2D eigenvalue weighted by molar-refractivity contribution is 0.146. The standard InChI is InChI=1S/C25H33N3O6S2/c1-2-34-18-6-4-17(5-7-18)10-13-28(25(32)33)12-3-14-35-15-11-26-16-21(30)19-8-9-20(29)22-23(19)36-24(31)27-22/h4-9,21,26,29-30H,2-3,10-16H2,1H3,(H,27,31)(H,32,33)/t21-/m1/s1. The molecule has 3 aromatic rings. The van der Waals surface area contributed by atoms with Crippen LogP contribution in [0.15, 0.2) is 41.2 Å². The first-order valence-corrected chi connectivity index (χ1v) is 13.9. The first-order valence-electron chi connectivity index (χ1n) is 11.9. The number of aromatic hydroxyl groups is 1. The minimum atomic E-state index is -0.905. The van der Waals surface area contributed by atoms with Crippen molar-refractivity contribution in [3.8, 4) is 11.5 Å². The lowest BCUT2D eigenvalue weighted by Crippen LogP contribution is -2.32. The van der Waals surface area contributed by atoms with E-state index in [9.17, 15) is 24.9 Å². The number of thiazole rings is 1. The molecule has 2 aromatic carbocycles. The summed E-state index contributed by atoms with van der Waals surface area (Å²) in [5.41, 5.74) is 2.03. The molecule has 0 aliphatic heterocycles. The molecular formula is C25H33N3O6S2. The van der Waals surface area contributed by atoms with Gasteiger partial charge in [0.15, 0.2) is 0 Å². The number of fused-ring (bicyclic) bond motifs is 1. The Morgan fingerprint density at radius 3 is 2.69 bits per heavy atom. The molecule has 1 aromatic heterocycles. The van der Waals surface area contributed by atoms with E-state index in [-0.39, 0.29) is 10.6 Å². The van der Waals surface area contributed by atoms with Crippen LogP contribution in [-0.2, 0) is 6.42 Å². The molecule has 0 saturated carbocycles. The van der Waals surface area contributed by atoms with Crippen molar-refractivity contribution < 1.29 is 24.9 Å². The van der Waals surface area contributed by atoms with E-state index in [1.54, 1.807) is 17.8 Å². The van der Waals surface area contributed by atoms with Crippen LogP contribution in [0.5, 0.6) is 11.5 Å². The third-order valence-corrected chi connectivity index (χ3v) is 7.60. The number of phenols is 1. The fraction of sp³-hybridized carbons (Fsp3) is 0.440. The van der Waals surface area contributed by atoms with Crippen molar-refractivity contribution in [2.75, 3.05) is 44.3 Å². The van der Waals surface area contributed by atoms with Crippen molar-refractivity contribution in [3.05, 3.63) is 57.2 Å². The van der Waals surface area contributed by atoms with E-state index in [2.05, 4.69) is 10.3 Å². The van der Waals surface area contributed by atoms with Crippen LogP contribution in [0.4, 0.5) is 4.79 Å². The number of carboxylic acid groups (broad SMARTS) is 1. The fourth-order valence-electron chi connectivity index (χ4n) is 3.74. The largest absolute Gasteiger partial charge is 0.506 e. The van der Waals surface area contributed by atoms with Crippen LogP contribution in [0.3, 0.4) is 0 Å². The normalized spacial score (nSPS) is 12.1. The summed E-state index contributed by atoms with van der Waals surface area (Å²) in [6.07, 6.45) is -0.285. The number of aromatic amines is 1. The molecule has 9 nitrogen and oxygen atoms in total. The van der Waals surface area contributed by atoms with E-state index in [0.717, 1.165) is 40.6 Å². The van der Waals surface area contributed by atoms with E-state index in [0.29, 0.717) is 55.0 Å². The Hall–Kier alpha value is -2.73. The van der Waals surface area contributed by atoms with E-state index < -0.39 is 12.2 Å². The number of nitrogens with one attached hydrogen (secondary N) is 2. The van der Waals surface area contributed by atoms with Crippen LogP contribution < -0.4 is 14.9 Å². The van der Waals surface area contributed by atoms with Gasteiger partial charge in [-0.05, 0) is 49.3 Å². The molecule has 0 saturated heterocycles. The van der Waals surface area contributed by atoms with Crippen LogP contribution in [0, 0.1) is 0 Å². The Kier molecular flexibility index (Phi) is 10.9. The smallest absolute Gasteiger partial charge is 0.407 e. The average molecular weight is 536 g/mol. The zero-order valence-corrected chi connectivity index (χ0v) is 21.9. The number of rotatable bonds is 15. The van der Waals surface area contributed by atoms with Gasteiger partial charge in [-0.25, -0.2) is 4.79 Å². The van der Waals surface area contributed by atoms with Gasteiger partial charge in [0.1, 0.15) is 17.0 Å². The first kappa shape index (κ1) is 27.9. The minimum absolute atomic E-state index is 0.0127. The van der Waals surface area contributed by atoms with Gasteiger partial charge in [0.05, 0.1) is 17.4 Å². The second-order valence-corrected chi connectivity index (χ2v) is 10.4. The molecule has 0 unspecified atom stereocenters. The number of carbonyl (C=O) groups is 1. The monoisotopic (exact) mass is 535 g/mol. The predicted molar refractivity (Wildman–Crippen MR) is 145 cm³/mol. The minimum Gasteiger partial charge on any atom is -0.506 e. The maximum atomic E-state index is 11.6. The topological polar surface area (TPSA) is 135 Å². The lowest BCUT2D eigenvalue weighted by Gasteiger charge is -2.19. The summed E-state index contributed by atoms with van der Waals surface area (Å²) in [4.78, 5) is 27.0. The van der Waals surface area contributed by atoms with Gasteiger partial charge >= 0.3 is 11.0 Å². The van der Waals surface area contributed by atoms with E-state index in [4.69, 9.17) is 4.74 Å². The highest BCUT2D eigenvalue weighted by molar-refractivity contribution is 7.99. The molecule has 5 N–H and O–H groups in total. The van der Waals surface area contributed by atoms with Gasteiger partial charge in [0, 0.05) is 37.5 Å². The van der Waals surface area contributed by atoms with Gasteiger partial charge in [0.25, 0.3) is 0 Å². The Morgan fingerprint density at radius 1 is 1.19 bits per heavy atom. The number of aliphatic hydroxyl groups excluding tert-OH is 1. The summed E-state index contributed by atoms with van der Waals surface area (Å²) in [7, 11) is 0. The fourth-order valence-corrected chi connectivity index (χ4v) is 5.48. The maximum Gasteiger partial charge on any atom is 0.407 e. The third kappa shape index (κ3) is 8.16. The lowest BCUT2D eigenvalue weighted by atomic mass is 10.1. The van der Waals surface area contributed by atoms with Gasteiger partial charge in [-0.15, -0.1) is 0 Å². The number of phenolic OH excluding ortho intramolecular Hbond substituents is 1. The highest BCUT2D eigenvalue weighted by Gasteiger charge is 2.16. The molecule has 196 valence electrons. The van der Waals surface area contributed by atoms with Crippen molar-refractivity contribution >= 4 is 39.4 Å². The summed E-state index contributed by atoms with van der Waals surface area (Å²) in [6, 6.07) is 10.8. The molecule has 0 spiro atoms. The zero-order valence-electron chi connectivity index (χ0n) is 20.2. The number of hydrogen-bond acceptors (Lipinski definition) is 8. The summed E-state index contributed by atoms with van der Waals surface area (Å²) in [5, 5.41) is 33.1. The number of ether oxygens (including phenoxy) is 1. The van der Waals surface area contributed by atoms with Crippen molar-refractivity contribution in [3.63, 3.8) is 0 Å². The van der Waals surface area contributed by atoms with Gasteiger partial charge in [-0.3, -0.25) is 4.79 Å². The van der Waals surface area contributed by atoms with Gasteiger partial charge in [0.2, 0.25) is 0 Å². The zero-order chi connectivity index (χ0) is 25.9. The van der Waals surface area contributed by atoms with Crippen LogP contribution in [-0.4, -0.2) is 75.6 Å². The quantitative estimate of drug-likeness (QED) is 0.186. The van der Waals surface area contributed by atoms with E-state index in [1.165, 1.54) is 11.0 Å². The summed E-state index contributed by atoms with van der Waals surface area (Å²) in [5.74, 6) is 2.47. The van der Waals surface area contributed by atoms with Crippen LogP contribution in [0.1, 0.15) is 30.6 Å². The number of hydrogen-bond donors (Lipinski definition) is 5. The second-order valence-electron chi connectivity index (χ2n) is 8.17. The molecule has 1 amide bonds. The predicted octanol–water partition coefficient (Wildman–Crippen LogP) is 3.66. The number of aliphatic hydroxyl groups is 1. The second kappa shape index (κ2) is 14.1. The number of nitrogens with zero attached hydrogens (tertiary/aromatic N) is 1. The van der Waals surface area contributed by atoms with E-state index in [1.807, 2.05) is 31.2 Å². The Labute approximate surface area is 218 Å². The molecule has 36 heavy (non-hydrogen) atoms. The maximum absolute atomic E-state index is 11.6. The molecule has 3 rings (SSSR count). The number of aromatic nitrogens is 1. The first-order chi connectivity index (χ1) is 17.4. The van der Waals surface area contributed by atoms with Crippen molar-refractivity contribution in [1.29, 1.82) is 0 Å². The Bertz CT molecular complexity index is 1160. The summed E-state index contributed by atoms with van der Waals surface area (Å²) < 4.78 is 6.00. The Balaban J connectivity index is 1.30. The molecule has 0 aliphatic carbocycles.